The van der Waals surface area contributed by atoms with Crippen LogP contribution in [0.25, 0.3) is 0 Å². The fraction of sp³-hybridized carbons (Fsp3) is 0.500. The first-order chi connectivity index (χ1) is 5.72. The van der Waals surface area contributed by atoms with E-state index in [0.29, 0.717) is 5.92 Å². The van der Waals surface area contributed by atoms with E-state index in [0.717, 1.165) is 12.3 Å². The smallest absolute Gasteiger partial charge is 0.0130 e. The van der Waals surface area contributed by atoms with Crippen LogP contribution in [0.2, 0.25) is 0 Å². The molecule has 1 rings (SSSR count). The van der Waals surface area contributed by atoms with Gasteiger partial charge in [0.2, 0.25) is 0 Å². The van der Waals surface area contributed by atoms with E-state index in [2.05, 4.69) is 51.2 Å². The van der Waals surface area contributed by atoms with Crippen LogP contribution in [0.4, 0.5) is 0 Å². The monoisotopic (exact) mass is 162 g/mol. The van der Waals surface area contributed by atoms with Crippen LogP contribution in [0.5, 0.6) is 0 Å². The molecule has 0 aromatic carbocycles. The van der Waals surface area contributed by atoms with E-state index in [-0.39, 0.29) is 0 Å². The van der Waals surface area contributed by atoms with Gasteiger partial charge in [-0.15, -0.1) is 0 Å². The molecule has 1 aliphatic carbocycles. The first-order valence-corrected chi connectivity index (χ1v) is 4.74. The lowest BCUT2D eigenvalue weighted by atomic mass is 9.88. The van der Waals surface area contributed by atoms with Gasteiger partial charge in [0.1, 0.15) is 0 Å². The molecule has 0 radical (unpaired) electrons. The van der Waals surface area contributed by atoms with Crippen LogP contribution in [0, 0.1) is 11.8 Å². The van der Waals surface area contributed by atoms with Gasteiger partial charge in [-0.2, -0.15) is 0 Å². The van der Waals surface area contributed by atoms with Crippen molar-refractivity contribution in [1.82, 2.24) is 0 Å². The van der Waals surface area contributed by atoms with Crippen molar-refractivity contribution in [2.45, 2.75) is 27.2 Å². The molecule has 66 valence electrons. The molecule has 0 saturated heterocycles. The molecule has 0 heteroatoms. The third kappa shape index (κ3) is 2.37. The number of allylic oxidation sites excluding steroid dienone is 6. The molecule has 0 N–H and O–H groups in total. The Morgan fingerprint density at radius 1 is 1.08 bits per heavy atom. The topological polar surface area (TPSA) is 0 Å². The Labute approximate surface area is 75.7 Å². The van der Waals surface area contributed by atoms with Crippen LogP contribution >= 0.6 is 0 Å². The average Bonchev–Trinajstić information content (AvgIpc) is 2.30. The minimum absolute atomic E-state index is 0.706. The van der Waals surface area contributed by atoms with Gasteiger partial charge in [0.05, 0.1) is 0 Å². The van der Waals surface area contributed by atoms with Gasteiger partial charge < -0.3 is 0 Å². The summed E-state index contributed by atoms with van der Waals surface area (Å²) in [4.78, 5) is 0. The normalized spacial score (nSPS) is 19.2. The minimum Gasteiger partial charge on any atom is -0.0805 e. The fourth-order valence-corrected chi connectivity index (χ4v) is 1.36. The molecule has 0 aliphatic heterocycles. The zero-order valence-electron chi connectivity index (χ0n) is 8.25. The second kappa shape index (κ2) is 4.30. The number of hydrogen-bond acceptors (Lipinski definition) is 0. The van der Waals surface area contributed by atoms with Gasteiger partial charge in [-0.3, -0.25) is 0 Å². The third-order valence-corrected chi connectivity index (χ3v) is 2.61. The molecule has 0 aromatic heterocycles. The average molecular weight is 162 g/mol. The first kappa shape index (κ1) is 9.31. The molecule has 0 amide bonds. The summed E-state index contributed by atoms with van der Waals surface area (Å²) in [5.74, 6) is 1.45. The molecule has 0 bridgehead atoms. The lowest BCUT2D eigenvalue weighted by Crippen LogP contribution is -2.06. The Hall–Kier alpha value is -0.780. The van der Waals surface area contributed by atoms with E-state index >= 15 is 0 Å². The molecule has 1 atom stereocenters. The van der Waals surface area contributed by atoms with Crippen LogP contribution in [-0.4, -0.2) is 0 Å². The van der Waals surface area contributed by atoms with Crippen molar-refractivity contribution in [3.8, 4) is 0 Å². The lowest BCUT2D eigenvalue weighted by molar-refractivity contribution is 0.474. The SMILES string of the molecule is CC(C)[C@@H](C)C1=CC=CC=CC1. The van der Waals surface area contributed by atoms with Crippen LogP contribution in [0.3, 0.4) is 0 Å². The van der Waals surface area contributed by atoms with E-state index in [1.54, 1.807) is 5.57 Å². The van der Waals surface area contributed by atoms with Gasteiger partial charge in [0.15, 0.2) is 0 Å². The van der Waals surface area contributed by atoms with E-state index in [1.807, 2.05) is 0 Å². The Morgan fingerprint density at radius 2 is 1.83 bits per heavy atom. The van der Waals surface area contributed by atoms with Crippen molar-refractivity contribution in [1.29, 1.82) is 0 Å². The fourth-order valence-electron chi connectivity index (χ4n) is 1.36. The highest BCUT2D eigenvalue weighted by Gasteiger charge is 2.11. The summed E-state index contributed by atoms with van der Waals surface area (Å²) in [5, 5.41) is 0. The summed E-state index contributed by atoms with van der Waals surface area (Å²) in [6.45, 7) is 6.87. The third-order valence-electron chi connectivity index (χ3n) is 2.61. The highest BCUT2D eigenvalue weighted by molar-refractivity contribution is 5.24. The summed E-state index contributed by atoms with van der Waals surface area (Å²) in [7, 11) is 0. The second-order valence-corrected chi connectivity index (χ2v) is 3.79. The highest BCUT2D eigenvalue weighted by Crippen LogP contribution is 2.23. The van der Waals surface area contributed by atoms with Crippen LogP contribution in [0.1, 0.15) is 27.2 Å². The van der Waals surface area contributed by atoms with Crippen molar-refractivity contribution >= 4 is 0 Å². The van der Waals surface area contributed by atoms with Crippen LogP contribution in [0.15, 0.2) is 36.0 Å². The maximum absolute atomic E-state index is 2.31. The molecule has 12 heavy (non-hydrogen) atoms. The Morgan fingerprint density at radius 3 is 2.50 bits per heavy atom. The zero-order valence-corrected chi connectivity index (χ0v) is 8.25. The molecule has 0 heterocycles. The van der Waals surface area contributed by atoms with Gasteiger partial charge in [0.25, 0.3) is 0 Å². The minimum atomic E-state index is 0.706. The van der Waals surface area contributed by atoms with Crippen molar-refractivity contribution in [2.75, 3.05) is 0 Å². The molecule has 0 unspecified atom stereocenters. The van der Waals surface area contributed by atoms with Gasteiger partial charge in [-0.25, -0.2) is 0 Å². The lowest BCUT2D eigenvalue weighted by Gasteiger charge is -2.17. The number of hydrogen-bond donors (Lipinski definition) is 0. The quantitative estimate of drug-likeness (QED) is 0.580. The highest BCUT2D eigenvalue weighted by atomic mass is 14.2. The van der Waals surface area contributed by atoms with E-state index < -0.39 is 0 Å². The molecule has 0 fully saturated rings. The van der Waals surface area contributed by atoms with Crippen molar-refractivity contribution in [3.05, 3.63) is 36.0 Å². The van der Waals surface area contributed by atoms with Gasteiger partial charge in [0, 0.05) is 0 Å². The molecule has 0 spiro atoms. The maximum Gasteiger partial charge on any atom is -0.0130 e. The van der Waals surface area contributed by atoms with Gasteiger partial charge in [-0.1, -0.05) is 56.7 Å². The van der Waals surface area contributed by atoms with Gasteiger partial charge in [-0.05, 0) is 18.3 Å². The van der Waals surface area contributed by atoms with E-state index in [9.17, 15) is 0 Å². The summed E-state index contributed by atoms with van der Waals surface area (Å²) >= 11 is 0. The van der Waals surface area contributed by atoms with Crippen molar-refractivity contribution in [3.63, 3.8) is 0 Å². The predicted molar refractivity (Wildman–Crippen MR) is 55.0 cm³/mol. The molecule has 1 aliphatic rings. The van der Waals surface area contributed by atoms with Crippen LogP contribution in [-0.2, 0) is 0 Å². The van der Waals surface area contributed by atoms with E-state index in [1.165, 1.54) is 0 Å². The second-order valence-electron chi connectivity index (χ2n) is 3.79. The first-order valence-electron chi connectivity index (χ1n) is 4.74. The van der Waals surface area contributed by atoms with Gasteiger partial charge >= 0.3 is 0 Å². The summed E-state index contributed by atoms with van der Waals surface area (Å²) in [6, 6.07) is 0. The number of rotatable bonds is 2. The molecular weight excluding hydrogens is 144 g/mol. The Kier molecular flexibility index (Phi) is 3.33. The van der Waals surface area contributed by atoms with Crippen LogP contribution < -0.4 is 0 Å². The summed E-state index contributed by atoms with van der Waals surface area (Å²) in [6.07, 6.45) is 12.0. The molecular formula is C12H18. The molecule has 0 nitrogen and oxygen atoms in total. The van der Waals surface area contributed by atoms with Crippen molar-refractivity contribution in [2.24, 2.45) is 11.8 Å². The standard InChI is InChI=1S/C12H18/c1-10(2)11(3)12-8-6-4-5-7-9-12/h4-8,10-11H,9H2,1-3H3/t11-/m1/s1. The molecule has 0 aromatic rings. The van der Waals surface area contributed by atoms with E-state index in [4.69, 9.17) is 0 Å². The largest absolute Gasteiger partial charge is 0.0805 e. The maximum atomic E-state index is 2.31. The summed E-state index contributed by atoms with van der Waals surface area (Å²) < 4.78 is 0. The summed E-state index contributed by atoms with van der Waals surface area (Å²) in [5.41, 5.74) is 1.55. The zero-order chi connectivity index (χ0) is 8.97. The Balaban J connectivity index is 2.68. The molecule has 0 saturated carbocycles. The predicted octanol–water partition coefficient (Wildman–Crippen LogP) is 3.72. The van der Waals surface area contributed by atoms with Crippen molar-refractivity contribution < 1.29 is 0 Å². The Bertz CT molecular complexity index is 216.